The van der Waals surface area contributed by atoms with Crippen molar-refractivity contribution in [2.24, 2.45) is 0 Å². The second-order valence-electron chi connectivity index (χ2n) is 26.3. The van der Waals surface area contributed by atoms with E-state index >= 15 is 0 Å². The molecule has 0 bridgehead atoms. The summed E-state index contributed by atoms with van der Waals surface area (Å²) in [4.78, 5) is 25.7. The van der Waals surface area contributed by atoms with Crippen LogP contribution in [0.1, 0.15) is 328 Å². The van der Waals surface area contributed by atoms with Gasteiger partial charge in [-0.3, -0.25) is 9.36 Å². The van der Waals surface area contributed by atoms with Gasteiger partial charge in [-0.15, -0.1) is 0 Å². The zero-order chi connectivity index (χ0) is 64.8. The maximum atomic E-state index is 13.1. The highest BCUT2D eigenvalue weighted by Gasteiger charge is 2.23. The summed E-state index contributed by atoms with van der Waals surface area (Å²) >= 11 is 0. The molecular formula is C80H143N2O6P. The molecule has 0 saturated carbocycles. The standard InChI is InChI=1S/C80H143N2O6P/c1-6-8-10-12-14-16-18-20-22-24-26-28-30-32-34-36-38-39-40-41-42-43-44-46-48-50-52-54-56-58-60-62-64-66-68-70-72-74-80(84)81-78(77-88-89(85,86)87-76-75-82(3,4)5)79(83)73-71-69-67-65-63-61-59-57-55-53-51-49-47-45-37-35-33-31-29-27-25-23-21-19-17-15-13-11-9-7-2/h8,10,14,16,20,22,26,28,32,34,38-39,41-42,44,46,50,52,71,73,78-79,83H,6-7,9,11-13,15,17-19,21,23-25,27,29-31,33,35-37,40,43,45,47-49,51,53-70,72,74-77H2,1-5H3,(H-,81,84,85,86)/b10-8-,16-14-,22-20-,28-26-,34-32-,39-38-,42-41-,46-44-,52-50-,73-71+. The number of unbranched alkanes of at least 4 members (excludes halogenated alkanes) is 37. The third-order valence-corrected chi connectivity index (χ3v) is 17.4. The lowest BCUT2D eigenvalue weighted by Gasteiger charge is -2.29. The van der Waals surface area contributed by atoms with Crippen LogP contribution in [0.2, 0.25) is 0 Å². The van der Waals surface area contributed by atoms with Gasteiger partial charge in [0.15, 0.2) is 0 Å². The smallest absolute Gasteiger partial charge is 0.268 e. The van der Waals surface area contributed by atoms with Gasteiger partial charge in [0.2, 0.25) is 5.91 Å². The zero-order valence-electron chi connectivity index (χ0n) is 58.9. The first kappa shape index (κ1) is 85.9. The van der Waals surface area contributed by atoms with Crippen molar-refractivity contribution >= 4 is 13.7 Å². The molecule has 9 heteroatoms. The molecule has 0 aromatic heterocycles. The number of quaternary nitrogens is 1. The van der Waals surface area contributed by atoms with Gasteiger partial charge < -0.3 is 28.8 Å². The van der Waals surface area contributed by atoms with Crippen LogP contribution in [0.5, 0.6) is 0 Å². The Bertz CT molecular complexity index is 1870. The van der Waals surface area contributed by atoms with E-state index in [0.717, 1.165) is 109 Å². The summed E-state index contributed by atoms with van der Waals surface area (Å²) in [5.74, 6) is -0.205. The summed E-state index contributed by atoms with van der Waals surface area (Å²) in [5, 5.41) is 14.0. The Balaban J connectivity index is 4.10. The number of hydrogen-bond acceptors (Lipinski definition) is 6. The van der Waals surface area contributed by atoms with Crippen molar-refractivity contribution in [2.75, 3.05) is 40.9 Å². The number of aliphatic hydroxyl groups excluding tert-OH is 1. The number of rotatable bonds is 68. The van der Waals surface area contributed by atoms with Crippen LogP contribution >= 0.6 is 7.82 Å². The second kappa shape index (κ2) is 69.2. The average molecular weight is 1260 g/mol. The number of phosphoric ester groups is 1. The molecule has 0 rings (SSSR count). The minimum Gasteiger partial charge on any atom is -0.756 e. The van der Waals surface area contributed by atoms with Gasteiger partial charge >= 0.3 is 0 Å². The molecule has 3 unspecified atom stereocenters. The SMILES string of the molecule is CC/C=C\C/C=C\C/C=C\C/C=C\C/C=C\C/C=C\C/C=C\C/C=C\C/C=C\CCCCCCCCCCCC(=O)NC(COP(=O)([O-])OCC[N+](C)(C)C)C(O)/C=C/CCCCCCCCCCCCCCCCCCCCCCCCCCCCCC. The van der Waals surface area contributed by atoms with Gasteiger partial charge in [0, 0.05) is 6.42 Å². The van der Waals surface area contributed by atoms with E-state index in [9.17, 15) is 19.4 Å². The summed E-state index contributed by atoms with van der Waals surface area (Å²) in [6, 6.07) is -0.900. The van der Waals surface area contributed by atoms with Crippen LogP contribution < -0.4 is 10.2 Å². The van der Waals surface area contributed by atoms with E-state index in [-0.39, 0.29) is 19.1 Å². The number of allylic oxidation sites excluding steroid dienone is 19. The third-order valence-electron chi connectivity index (χ3n) is 16.4. The molecule has 0 aromatic rings. The molecule has 0 aliphatic rings. The molecule has 8 nitrogen and oxygen atoms in total. The summed E-state index contributed by atoms with van der Waals surface area (Å²) < 4.78 is 23.5. The number of carbonyl (C=O) groups excluding carboxylic acids is 1. The number of likely N-dealkylation sites (N-methyl/N-ethyl adjacent to an activating group) is 1. The number of nitrogens with zero attached hydrogens (tertiary/aromatic N) is 1. The van der Waals surface area contributed by atoms with E-state index < -0.39 is 20.0 Å². The monoisotopic (exact) mass is 1260 g/mol. The van der Waals surface area contributed by atoms with Crippen LogP contribution in [-0.4, -0.2) is 68.5 Å². The van der Waals surface area contributed by atoms with E-state index in [2.05, 4.69) is 129 Å². The van der Waals surface area contributed by atoms with E-state index in [1.54, 1.807) is 6.08 Å². The van der Waals surface area contributed by atoms with E-state index in [1.165, 1.54) is 199 Å². The molecule has 0 fully saturated rings. The molecule has 89 heavy (non-hydrogen) atoms. The summed E-state index contributed by atoms with van der Waals surface area (Å²) in [7, 11) is 1.25. The average Bonchev–Trinajstić information content (AvgIpc) is 3.57. The summed E-state index contributed by atoms with van der Waals surface area (Å²) in [6.45, 7) is 4.56. The van der Waals surface area contributed by atoms with Gasteiger partial charge in [0.05, 0.1) is 39.9 Å². The van der Waals surface area contributed by atoms with Crippen LogP contribution in [0.4, 0.5) is 0 Å². The third kappa shape index (κ3) is 72.2. The fraction of sp³-hybridized carbons (Fsp3) is 0.738. The lowest BCUT2D eigenvalue weighted by molar-refractivity contribution is -0.870. The predicted molar refractivity (Wildman–Crippen MR) is 389 cm³/mol. The highest BCUT2D eigenvalue weighted by atomic mass is 31.2. The number of amides is 1. The molecular weight excluding hydrogens is 1120 g/mol. The first-order chi connectivity index (χ1) is 43.5. The first-order valence-corrected chi connectivity index (χ1v) is 38.9. The Morgan fingerprint density at radius 1 is 0.404 bits per heavy atom. The van der Waals surface area contributed by atoms with Gasteiger partial charge in [0.25, 0.3) is 7.82 Å². The summed E-state index contributed by atoms with van der Waals surface area (Å²) in [5.41, 5.74) is 0. The van der Waals surface area contributed by atoms with Gasteiger partial charge in [-0.2, -0.15) is 0 Å². The topological polar surface area (TPSA) is 108 Å². The van der Waals surface area contributed by atoms with E-state index in [4.69, 9.17) is 9.05 Å². The molecule has 0 spiro atoms. The van der Waals surface area contributed by atoms with Gasteiger partial charge in [0.1, 0.15) is 13.2 Å². The van der Waals surface area contributed by atoms with Crippen molar-refractivity contribution in [1.29, 1.82) is 0 Å². The molecule has 2 N–H and O–H groups in total. The van der Waals surface area contributed by atoms with Crippen molar-refractivity contribution in [3.8, 4) is 0 Å². The Hall–Kier alpha value is -3.10. The fourth-order valence-electron chi connectivity index (χ4n) is 10.7. The van der Waals surface area contributed by atoms with Crippen LogP contribution in [-0.2, 0) is 18.4 Å². The lowest BCUT2D eigenvalue weighted by Crippen LogP contribution is -2.45. The molecule has 0 saturated heterocycles. The van der Waals surface area contributed by atoms with Crippen LogP contribution in [0, 0.1) is 0 Å². The largest absolute Gasteiger partial charge is 0.756 e. The van der Waals surface area contributed by atoms with Crippen molar-refractivity contribution in [3.05, 3.63) is 122 Å². The summed E-state index contributed by atoms with van der Waals surface area (Å²) in [6.07, 6.45) is 103. The van der Waals surface area contributed by atoms with Crippen LogP contribution in [0.25, 0.3) is 0 Å². The molecule has 0 radical (unpaired) electrons. The fourth-order valence-corrected chi connectivity index (χ4v) is 11.4. The van der Waals surface area contributed by atoms with E-state index in [1.807, 2.05) is 27.2 Å². The number of carbonyl (C=O) groups is 1. The van der Waals surface area contributed by atoms with Crippen molar-refractivity contribution in [1.82, 2.24) is 5.32 Å². The van der Waals surface area contributed by atoms with Gasteiger partial charge in [-0.25, -0.2) is 0 Å². The van der Waals surface area contributed by atoms with Crippen molar-refractivity contribution in [3.63, 3.8) is 0 Å². The Kier molecular flexibility index (Phi) is 66.8. The highest BCUT2D eigenvalue weighted by molar-refractivity contribution is 7.45. The Labute approximate surface area is 552 Å². The zero-order valence-corrected chi connectivity index (χ0v) is 59.7. The van der Waals surface area contributed by atoms with Crippen LogP contribution in [0.15, 0.2) is 122 Å². The molecule has 0 heterocycles. The normalized spacial score (nSPS) is 14.3. The molecule has 514 valence electrons. The molecule has 0 aromatic carbocycles. The number of hydrogen-bond donors (Lipinski definition) is 2. The van der Waals surface area contributed by atoms with Crippen LogP contribution in [0.3, 0.4) is 0 Å². The van der Waals surface area contributed by atoms with Crippen molar-refractivity contribution < 1.29 is 32.9 Å². The molecule has 1 amide bonds. The predicted octanol–water partition coefficient (Wildman–Crippen LogP) is 23.8. The van der Waals surface area contributed by atoms with Crippen molar-refractivity contribution in [2.45, 2.75) is 341 Å². The first-order valence-electron chi connectivity index (χ1n) is 37.4. The van der Waals surface area contributed by atoms with E-state index in [0.29, 0.717) is 17.4 Å². The molecule has 3 atom stereocenters. The van der Waals surface area contributed by atoms with Gasteiger partial charge in [-0.1, -0.05) is 354 Å². The highest BCUT2D eigenvalue weighted by Crippen LogP contribution is 2.38. The lowest BCUT2D eigenvalue weighted by atomic mass is 10.0. The molecule has 0 aliphatic heterocycles. The maximum Gasteiger partial charge on any atom is 0.268 e. The quantitative estimate of drug-likeness (QED) is 0.0272. The Morgan fingerprint density at radius 2 is 0.685 bits per heavy atom. The number of nitrogens with one attached hydrogen (secondary N) is 1. The number of phosphoric acid groups is 1. The number of aliphatic hydroxyl groups is 1. The molecule has 0 aliphatic carbocycles. The second-order valence-corrected chi connectivity index (χ2v) is 27.7. The minimum atomic E-state index is -4.62. The van der Waals surface area contributed by atoms with Gasteiger partial charge in [-0.05, 0) is 89.9 Å². The maximum absolute atomic E-state index is 13.1. The minimum absolute atomic E-state index is 0.00710. The Morgan fingerprint density at radius 3 is 1.00 bits per heavy atom.